The molecule has 186 valence electrons. The number of halogens is 2. The van der Waals surface area contributed by atoms with Gasteiger partial charge in [0.2, 0.25) is 0 Å². The molecule has 3 aromatic carbocycles. The highest BCUT2D eigenvalue weighted by atomic mass is 35.5. The van der Waals surface area contributed by atoms with Gasteiger partial charge in [-0.05, 0) is 66.2 Å². The van der Waals surface area contributed by atoms with Crippen molar-refractivity contribution in [3.63, 3.8) is 0 Å². The van der Waals surface area contributed by atoms with Crippen molar-refractivity contribution in [2.45, 2.75) is 0 Å². The maximum absolute atomic E-state index is 13.1. The highest BCUT2D eigenvalue weighted by Crippen LogP contribution is 2.40. The quantitative estimate of drug-likeness (QED) is 0.214. The van der Waals surface area contributed by atoms with Crippen molar-refractivity contribution in [2.24, 2.45) is 0 Å². The molecule has 0 fully saturated rings. The average Bonchev–Trinajstić information content (AvgIpc) is 3.58. The zero-order valence-electron chi connectivity index (χ0n) is 19.6. The van der Waals surface area contributed by atoms with E-state index in [2.05, 4.69) is 10.3 Å². The molecule has 6 nitrogen and oxygen atoms in total. The van der Waals surface area contributed by atoms with Crippen molar-refractivity contribution < 1.29 is 14.3 Å². The first kappa shape index (κ1) is 25.2. The van der Waals surface area contributed by atoms with E-state index in [-0.39, 0.29) is 5.91 Å². The fraction of sp³-hybridized carbons (Fsp3) is 0.0741. The Morgan fingerprint density at radius 3 is 2.05 bits per heavy atom. The fourth-order valence-corrected chi connectivity index (χ4v) is 5.64. The van der Waals surface area contributed by atoms with Crippen LogP contribution in [0.2, 0.25) is 10.0 Å². The number of nitrogens with zero attached hydrogens (tertiary/aromatic N) is 2. The van der Waals surface area contributed by atoms with Gasteiger partial charge in [0.1, 0.15) is 22.2 Å². The summed E-state index contributed by atoms with van der Waals surface area (Å²) in [5.41, 5.74) is 3.69. The van der Waals surface area contributed by atoms with E-state index in [9.17, 15) is 4.79 Å². The molecule has 0 aliphatic heterocycles. The number of carbonyl (C=O) groups excluding carboxylic acids is 1. The highest BCUT2D eigenvalue weighted by Gasteiger charge is 2.19. The van der Waals surface area contributed by atoms with Crippen LogP contribution in [0.1, 0.15) is 10.5 Å². The van der Waals surface area contributed by atoms with Gasteiger partial charge >= 0.3 is 0 Å². The second-order valence-electron chi connectivity index (χ2n) is 7.77. The third-order valence-electron chi connectivity index (χ3n) is 5.47. The summed E-state index contributed by atoms with van der Waals surface area (Å²) in [6, 6.07) is 20.6. The lowest BCUT2D eigenvalue weighted by Crippen LogP contribution is -2.12. The standard InChI is InChI=1S/C27H19Cl2N3O3S2/c1-34-18-8-3-15(4-9-18)23-24(16-5-10-19(35-2)11-6-16)37-27(31-23)32-25(33)22-14-36-26(30-22)17-7-12-20(28)21(29)13-17/h3-14H,1-2H3,(H,31,32,33). The molecule has 37 heavy (non-hydrogen) atoms. The summed E-state index contributed by atoms with van der Waals surface area (Å²) in [5, 5.41) is 6.63. The van der Waals surface area contributed by atoms with Crippen molar-refractivity contribution in [3.8, 4) is 43.8 Å². The Hall–Kier alpha value is -3.43. The molecule has 0 aliphatic rings. The molecule has 5 rings (SSSR count). The van der Waals surface area contributed by atoms with E-state index in [4.69, 9.17) is 37.7 Å². The molecular weight excluding hydrogens is 549 g/mol. The number of nitrogens with one attached hydrogen (secondary N) is 1. The maximum Gasteiger partial charge on any atom is 0.276 e. The zero-order chi connectivity index (χ0) is 25.9. The Kier molecular flexibility index (Phi) is 7.43. The Morgan fingerprint density at radius 2 is 1.43 bits per heavy atom. The first-order chi connectivity index (χ1) is 17.9. The zero-order valence-corrected chi connectivity index (χ0v) is 22.8. The van der Waals surface area contributed by atoms with Gasteiger partial charge in [-0.2, -0.15) is 0 Å². The molecule has 1 amide bonds. The molecule has 1 N–H and O–H groups in total. The molecule has 2 aromatic heterocycles. The minimum Gasteiger partial charge on any atom is -0.497 e. The summed E-state index contributed by atoms with van der Waals surface area (Å²) in [6.45, 7) is 0. The van der Waals surface area contributed by atoms with Crippen molar-refractivity contribution in [1.82, 2.24) is 9.97 Å². The number of anilines is 1. The molecule has 0 atom stereocenters. The number of thiazole rings is 2. The largest absolute Gasteiger partial charge is 0.497 e. The number of ether oxygens (including phenoxy) is 2. The van der Waals surface area contributed by atoms with Crippen LogP contribution < -0.4 is 14.8 Å². The maximum atomic E-state index is 13.1. The van der Waals surface area contributed by atoms with Crippen LogP contribution in [0, 0.1) is 0 Å². The summed E-state index contributed by atoms with van der Waals surface area (Å²) in [5.74, 6) is 1.16. The second kappa shape index (κ2) is 10.9. The second-order valence-corrected chi connectivity index (χ2v) is 10.4. The number of amides is 1. The first-order valence-corrected chi connectivity index (χ1v) is 13.4. The molecule has 5 aromatic rings. The molecule has 0 unspecified atom stereocenters. The van der Waals surface area contributed by atoms with Gasteiger partial charge in [0.25, 0.3) is 5.91 Å². The number of aromatic nitrogens is 2. The van der Waals surface area contributed by atoms with Crippen molar-refractivity contribution in [1.29, 1.82) is 0 Å². The number of methoxy groups -OCH3 is 2. The Bertz CT molecular complexity index is 1500. The Labute approximate surface area is 231 Å². The number of carbonyl (C=O) groups is 1. The Morgan fingerprint density at radius 1 is 0.811 bits per heavy atom. The summed E-state index contributed by atoms with van der Waals surface area (Å²) in [4.78, 5) is 23.2. The van der Waals surface area contributed by atoms with Gasteiger partial charge in [-0.3, -0.25) is 10.1 Å². The molecule has 0 spiro atoms. The van der Waals surface area contributed by atoms with Gasteiger partial charge in [0.05, 0.1) is 34.8 Å². The molecule has 0 saturated heterocycles. The normalized spacial score (nSPS) is 10.8. The molecule has 10 heteroatoms. The SMILES string of the molecule is COc1ccc(-c2nc(NC(=O)c3csc(-c4ccc(Cl)c(Cl)c4)n3)sc2-c2ccc(OC)cc2)cc1. The van der Waals surface area contributed by atoms with Crippen LogP contribution in [0.15, 0.2) is 72.1 Å². The molecule has 0 bridgehead atoms. The van der Waals surface area contributed by atoms with Gasteiger partial charge in [0.15, 0.2) is 5.13 Å². The van der Waals surface area contributed by atoms with Crippen LogP contribution in [0.4, 0.5) is 5.13 Å². The summed E-state index contributed by atoms with van der Waals surface area (Å²) in [7, 11) is 3.25. The molecule has 0 aliphatic carbocycles. The first-order valence-electron chi connectivity index (χ1n) is 11.0. The van der Waals surface area contributed by atoms with E-state index in [0.717, 1.165) is 38.8 Å². The molecule has 2 heterocycles. The third kappa shape index (κ3) is 5.47. The lowest BCUT2D eigenvalue weighted by atomic mass is 10.1. The van der Waals surface area contributed by atoms with Gasteiger partial charge in [-0.25, -0.2) is 9.97 Å². The van der Waals surface area contributed by atoms with Gasteiger partial charge in [-0.1, -0.05) is 40.6 Å². The van der Waals surface area contributed by atoms with E-state index >= 15 is 0 Å². The predicted molar refractivity (Wildman–Crippen MR) is 152 cm³/mol. The number of hydrogen-bond donors (Lipinski definition) is 1. The summed E-state index contributed by atoms with van der Waals surface area (Å²) < 4.78 is 10.6. The van der Waals surface area contributed by atoms with E-state index in [0.29, 0.717) is 25.9 Å². The summed E-state index contributed by atoms with van der Waals surface area (Å²) in [6.07, 6.45) is 0. The van der Waals surface area contributed by atoms with Crippen LogP contribution in [0.5, 0.6) is 11.5 Å². The summed E-state index contributed by atoms with van der Waals surface area (Å²) >= 11 is 14.9. The van der Waals surface area contributed by atoms with E-state index in [1.54, 1.807) is 31.7 Å². The predicted octanol–water partition coefficient (Wildman–Crippen LogP) is 8.18. The van der Waals surface area contributed by atoms with Gasteiger partial charge in [0, 0.05) is 16.5 Å². The van der Waals surface area contributed by atoms with Crippen LogP contribution in [-0.2, 0) is 0 Å². The van der Waals surface area contributed by atoms with E-state index in [1.165, 1.54) is 22.7 Å². The third-order valence-corrected chi connectivity index (χ3v) is 8.12. The number of benzene rings is 3. The van der Waals surface area contributed by atoms with Gasteiger partial charge < -0.3 is 9.47 Å². The molecular formula is C27H19Cl2N3O3S2. The van der Waals surface area contributed by atoms with E-state index < -0.39 is 0 Å². The monoisotopic (exact) mass is 567 g/mol. The number of rotatable bonds is 7. The fourth-order valence-electron chi connectivity index (χ4n) is 3.56. The van der Waals surface area contributed by atoms with Crippen LogP contribution in [-0.4, -0.2) is 30.1 Å². The molecule has 0 radical (unpaired) electrons. The minimum atomic E-state index is -0.348. The lowest BCUT2D eigenvalue weighted by molar-refractivity contribution is 0.102. The Balaban J connectivity index is 1.45. The average molecular weight is 569 g/mol. The topological polar surface area (TPSA) is 73.3 Å². The van der Waals surface area contributed by atoms with Crippen molar-refractivity contribution in [2.75, 3.05) is 19.5 Å². The van der Waals surface area contributed by atoms with Crippen molar-refractivity contribution >= 4 is 56.9 Å². The smallest absolute Gasteiger partial charge is 0.276 e. The molecule has 0 saturated carbocycles. The van der Waals surface area contributed by atoms with E-state index in [1.807, 2.05) is 54.6 Å². The number of hydrogen-bond acceptors (Lipinski definition) is 7. The minimum absolute atomic E-state index is 0.290. The lowest BCUT2D eigenvalue weighted by Gasteiger charge is -2.05. The van der Waals surface area contributed by atoms with Crippen molar-refractivity contribution in [3.05, 3.63) is 87.8 Å². The van der Waals surface area contributed by atoms with Crippen LogP contribution in [0.3, 0.4) is 0 Å². The van der Waals surface area contributed by atoms with Crippen LogP contribution in [0.25, 0.3) is 32.3 Å². The van der Waals surface area contributed by atoms with Gasteiger partial charge in [-0.15, -0.1) is 11.3 Å². The highest BCUT2D eigenvalue weighted by molar-refractivity contribution is 7.19. The van der Waals surface area contributed by atoms with Crippen LogP contribution >= 0.6 is 45.9 Å².